The van der Waals surface area contributed by atoms with Gasteiger partial charge in [0.1, 0.15) is 5.75 Å². The molecule has 0 saturated carbocycles. The van der Waals surface area contributed by atoms with Gasteiger partial charge in [-0.05, 0) is 30.5 Å². The number of ether oxygens (including phenoxy) is 1. The van der Waals surface area contributed by atoms with Gasteiger partial charge in [0.25, 0.3) is 5.91 Å². The van der Waals surface area contributed by atoms with Crippen molar-refractivity contribution in [1.82, 2.24) is 5.32 Å². The van der Waals surface area contributed by atoms with E-state index in [4.69, 9.17) is 9.84 Å². The van der Waals surface area contributed by atoms with Gasteiger partial charge in [0.2, 0.25) is 0 Å². The summed E-state index contributed by atoms with van der Waals surface area (Å²) in [5, 5.41) is 11.2. The highest BCUT2D eigenvalue weighted by Gasteiger charge is 2.07. The number of carbonyl (C=O) groups excluding carboxylic acids is 1. The molecule has 5 nitrogen and oxygen atoms in total. The lowest BCUT2D eigenvalue weighted by molar-refractivity contribution is -0.137. The van der Waals surface area contributed by atoms with E-state index >= 15 is 0 Å². The van der Waals surface area contributed by atoms with E-state index in [0.717, 1.165) is 0 Å². The molecule has 0 bridgehead atoms. The van der Waals surface area contributed by atoms with Crippen LogP contribution in [0.4, 0.5) is 0 Å². The molecule has 1 aromatic rings. The van der Waals surface area contributed by atoms with Gasteiger partial charge in [-0.3, -0.25) is 9.59 Å². The summed E-state index contributed by atoms with van der Waals surface area (Å²) in [6, 6.07) is 6.97. The van der Waals surface area contributed by atoms with Gasteiger partial charge in [0.15, 0.2) is 0 Å². The van der Waals surface area contributed by atoms with E-state index in [1.165, 1.54) is 0 Å². The zero-order chi connectivity index (χ0) is 15.0. The lowest BCUT2D eigenvalue weighted by Gasteiger charge is -2.10. The standard InChI is InChI=1S/C15H21NO4/c1-11(2)10-20-13-6-3-5-12(9-13)15(19)16-8-4-7-14(17)18/h3,5-6,9,11H,4,7-8,10H2,1-2H3,(H,16,19)(H,17,18). The molecule has 20 heavy (non-hydrogen) atoms. The number of amides is 1. The van der Waals surface area contributed by atoms with Gasteiger partial charge < -0.3 is 15.2 Å². The summed E-state index contributed by atoms with van der Waals surface area (Å²) in [4.78, 5) is 22.2. The van der Waals surface area contributed by atoms with Crippen LogP contribution in [0.25, 0.3) is 0 Å². The normalized spacial score (nSPS) is 10.3. The topological polar surface area (TPSA) is 75.6 Å². The first-order valence-corrected chi connectivity index (χ1v) is 6.72. The van der Waals surface area contributed by atoms with Crippen molar-refractivity contribution in [2.75, 3.05) is 13.2 Å². The first-order chi connectivity index (χ1) is 9.49. The van der Waals surface area contributed by atoms with Crippen molar-refractivity contribution in [3.05, 3.63) is 29.8 Å². The molecule has 1 rings (SSSR count). The molecule has 0 saturated heterocycles. The Hall–Kier alpha value is -2.04. The summed E-state index contributed by atoms with van der Waals surface area (Å²) >= 11 is 0. The van der Waals surface area contributed by atoms with Crippen LogP contribution in [-0.2, 0) is 4.79 Å². The van der Waals surface area contributed by atoms with Crippen molar-refractivity contribution in [3.63, 3.8) is 0 Å². The number of hydrogen-bond acceptors (Lipinski definition) is 3. The smallest absolute Gasteiger partial charge is 0.303 e. The SMILES string of the molecule is CC(C)COc1cccc(C(=O)NCCCC(=O)O)c1. The highest BCUT2D eigenvalue weighted by molar-refractivity contribution is 5.94. The Morgan fingerprint density at radius 1 is 1.35 bits per heavy atom. The van der Waals surface area contributed by atoms with Crippen molar-refractivity contribution in [3.8, 4) is 5.75 Å². The average molecular weight is 279 g/mol. The van der Waals surface area contributed by atoms with Crippen LogP contribution in [0, 0.1) is 5.92 Å². The minimum atomic E-state index is -0.858. The third-order valence-corrected chi connectivity index (χ3v) is 2.53. The fourth-order valence-corrected chi connectivity index (χ4v) is 1.53. The zero-order valence-electron chi connectivity index (χ0n) is 11.9. The molecule has 5 heteroatoms. The minimum absolute atomic E-state index is 0.0534. The van der Waals surface area contributed by atoms with Crippen LogP contribution in [0.5, 0.6) is 5.75 Å². The molecule has 110 valence electrons. The molecule has 0 aromatic heterocycles. The predicted octanol–water partition coefficient (Wildman–Crippen LogP) is 2.32. The van der Waals surface area contributed by atoms with Gasteiger partial charge >= 0.3 is 5.97 Å². The van der Waals surface area contributed by atoms with Gasteiger partial charge in [-0.1, -0.05) is 19.9 Å². The van der Waals surface area contributed by atoms with E-state index in [9.17, 15) is 9.59 Å². The molecule has 0 fully saturated rings. The van der Waals surface area contributed by atoms with E-state index in [1.807, 2.05) is 6.07 Å². The van der Waals surface area contributed by atoms with Crippen molar-refractivity contribution in [2.45, 2.75) is 26.7 Å². The molecule has 0 spiro atoms. The van der Waals surface area contributed by atoms with Crippen molar-refractivity contribution in [1.29, 1.82) is 0 Å². The maximum absolute atomic E-state index is 11.9. The fourth-order valence-electron chi connectivity index (χ4n) is 1.53. The lowest BCUT2D eigenvalue weighted by atomic mass is 10.2. The van der Waals surface area contributed by atoms with Crippen molar-refractivity contribution >= 4 is 11.9 Å². The van der Waals surface area contributed by atoms with Crippen LogP contribution in [-0.4, -0.2) is 30.1 Å². The largest absolute Gasteiger partial charge is 0.493 e. The molecule has 1 amide bonds. The Bertz CT molecular complexity index is 457. The highest BCUT2D eigenvalue weighted by Crippen LogP contribution is 2.14. The first kappa shape index (κ1) is 16.0. The number of nitrogens with one attached hydrogen (secondary N) is 1. The van der Waals surface area contributed by atoms with Crippen LogP contribution in [0.3, 0.4) is 0 Å². The van der Waals surface area contributed by atoms with Crippen LogP contribution in [0.2, 0.25) is 0 Å². The molecule has 0 heterocycles. The molecule has 0 radical (unpaired) electrons. The highest BCUT2D eigenvalue weighted by atomic mass is 16.5. The minimum Gasteiger partial charge on any atom is -0.493 e. The Morgan fingerprint density at radius 2 is 2.10 bits per heavy atom. The van der Waals surface area contributed by atoms with E-state index in [0.29, 0.717) is 36.8 Å². The number of benzene rings is 1. The summed E-state index contributed by atoms with van der Waals surface area (Å²) in [5.41, 5.74) is 0.515. The van der Waals surface area contributed by atoms with E-state index in [1.54, 1.807) is 18.2 Å². The van der Waals surface area contributed by atoms with E-state index in [2.05, 4.69) is 19.2 Å². The Balaban J connectivity index is 2.47. The van der Waals surface area contributed by atoms with Gasteiger partial charge in [-0.2, -0.15) is 0 Å². The van der Waals surface area contributed by atoms with Gasteiger partial charge in [0, 0.05) is 18.5 Å². The summed E-state index contributed by atoms with van der Waals surface area (Å²) in [5.74, 6) is 0.00843. The van der Waals surface area contributed by atoms with Crippen molar-refractivity contribution in [2.24, 2.45) is 5.92 Å². The maximum Gasteiger partial charge on any atom is 0.303 e. The maximum atomic E-state index is 11.9. The molecule has 0 aliphatic carbocycles. The van der Waals surface area contributed by atoms with Crippen molar-refractivity contribution < 1.29 is 19.4 Å². The second-order valence-corrected chi connectivity index (χ2v) is 4.99. The van der Waals surface area contributed by atoms with E-state index in [-0.39, 0.29) is 12.3 Å². The third kappa shape index (κ3) is 6.22. The number of aliphatic carboxylic acids is 1. The average Bonchev–Trinajstić information content (AvgIpc) is 2.41. The quantitative estimate of drug-likeness (QED) is 0.716. The third-order valence-electron chi connectivity index (χ3n) is 2.53. The molecular weight excluding hydrogens is 258 g/mol. The molecule has 1 aromatic carbocycles. The summed E-state index contributed by atoms with van der Waals surface area (Å²) in [6.45, 7) is 5.06. The fraction of sp³-hybridized carbons (Fsp3) is 0.467. The predicted molar refractivity (Wildman–Crippen MR) is 76.0 cm³/mol. The number of rotatable bonds is 8. The molecule has 0 unspecified atom stereocenters. The summed E-state index contributed by atoms with van der Waals surface area (Å²) < 4.78 is 5.56. The number of carbonyl (C=O) groups is 2. The van der Waals surface area contributed by atoms with Gasteiger partial charge in [-0.15, -0.1) is 0 Å². The second-order valence-electron chi connectivity index (χ2n) is 4.99. The number of hydrogen-bond donors (Lipinski definition) is 2. The van der Waals surface area contributed by atoms with Crippen LogP contribution in [0.15, 0.2) is 24.3 Å². The molecule has 0 aliphatic heterocycles. The molecule has 0 aliphatic rings. The van der Waals surface area contributed by atoms with Crippen LogP contribution >= 0.6 is 0 Å². The summed E-state index contributed by atoms with van der Waals surface area (Å²) in [7, 11) is 0. The first-order valence-electron chi connectivity index (χ1n) is 6.72. The molecule has 2 N–H and O–H groups in total. The monoisotopic (exact) mass is 279 g/mol. The van der Waals surface area contributed by atoms with Gasteiger partial charge in [-0.25, -0.2) is 0 Å². The van der Waals surface area contributed by atoms with E-state index < -0.39 is 5.97 Å². The molecular formula is C15H21NO4. The van der Waals surface area contributed by atoms with Crippen LogP contribution in [0.1, 0.15) is 37.0 Å². The molecule has 0 atom stereocenters. The Morgan fingerprint density at radius 3 is 2.75 bits per heavy atom. The van der Waals surface area contributed by atoms with Crippen LogP contribution < -0.4 is 10.1 Å². The Kier molecular flexibility index (Phi) is 6.56. The summed E-state index contributed by atoms with van der Waals surface area (Å²) in [6.07, 6.45) is 0.475. The lowest BCUT2D eigenvalue weighted by Crippen LogP contribution is -2.24. The number of carboxylic acids is 1. The van der Waals surface area contributed by atoms with Gasteiger partial charge in [0.05, 0.1) is 6.61 Å². The Labute approximate surface area is 118 Å². The number of carboxylic acid groups (broad SMARTS) is 1. The second kappa shape index (κ2) is 8.19. The zero-order valence-corrected chi connectivity index (χ0v) is 11.9.